The van der Waals surface area contributed by atoms with Crippen LogP contribution in [0.3, 0.4) is 0 Å². The molecule has 7 rings (SSSR count). The van der Waals surface area contributed by atoms with Crippen molar-refractivity contribution in [3.63, 3.8) is 0 Å². The van der Waals surface area contributed by atoms with E-state index in [1.165, 1.54) is 16.6 Å². The molecule has 0 bridgehead atoms. The summed E-state index contributed by atoms with van der Waals surface area (Å²) in [5, 5.41) is 12.3. The number of nitrogens with zero attached hydrogens (tertiary/aromatic N) is 6. The van der Waals surface area contributed by atoms with Crippen molar-refractivity contribution in [3.8, 4) is 12.1 Å². The standard InChI is InChI=1S/C39H46ClFN6O2Si/c1-38(2,3)50(30-13-6-4-7-14-30,31-15-8-5-9-16-31)49-26-29-17-20-39(19-11-22-47(29)39)27-48-37-44-34-32(25-43-35(40)33(34)41)36(45-37)46-21-10-12-28(24-42)18-23-46/h4-9,13-16,25,28-29H,10-12,17-23,26-27H2,1-3H3/t28?,29-,39-/m0/s1. The highest BCUT2D eigenvalue weighted by molar-refractivity contribution is 6.99. The van der Waals surface area contributed by atoms with Crippen LogP contribution in [0.4, 0.5) is 10.2 Å². The molecule has 11 heteroatoms. The van der Waals surface area contributed by atoms with Crippen LogP contribution in [0.15, 0.2) is 66.9 Å². The molecule has 3 fully saturated rings. The van der Waals surface area contributed by atoms with Crippen LogP contribution in [-0.2, 0) is 4.43 Å². The average Bonchev–Trinajstić information content (AvgIpc) is 3.59. The summed E-state index contributed by atoms with van der Waals surface area (Å²) in [5.74, 6) is -0.101. The van der Waals surface area contributed by atoms with E-state index in [0.29, 0.717) is 37.5 Å². The molecule has 50 heavy (non-hydrogen) atoms. The molecule has 1 unspecified atom stereocenters. The van der Waals surface area contributed by atoms with Crippen molar-refractivity contribution in [1.82, 2.24) is 19.9 Å². The number of hydrogen-bond acceptors (Lipinski definition) is 8. The van der Waals surface area contributed by atoms with Gasteiger partial charge in [0.15, 0.2) is 11.0 Å². The first-order chi connectivity index (χ1) is 24.1. The molecule has 2 aromatic carbocycles. The van der Waals surface area contributed by atoms with E-state index < -0.39 is 14.1 Å². The van der Waals surface area contributed by atoms with E-state index in [1.807, 2.05) is 0 Å². The molecule has 3 atom stereocenters. The van der Waals surface area contributed by atoms with Gasteiger partial charge in [-0.1, -0.05) is 93.0 Å². The first kappa shape index (κ1) is 34.8. The molecular formula is C39H46ClFN6O2Si. The number of halogens is 2. The third-order valence-electron chi connectivity index (χ3n) is 11.2. The minimum absolute atomic E-state index is 0.00326. The Morgan fingerprint density at radius 1 is 0.960 bits per heavy atom. The highest BCUT2D eigenvalue weighted by atomic mass is 35.5. The molecule has 3 saturated heterocycles. The molecule has 0 radical (unpaired) electrons. The topological polar surface area (TPSA) is 87.4 Å². The number of aromatic nitrogens is 3. The van der Waals surface area contributed by atoms with Crippen LogP contribution in [0.1, 0.15) is 65.7 Å². The lowest BCUT2D eigenvalue weighted by atomic mass is 9.95. The smallest absolute Gasteiger partial charge is 0.319 e. The Labute approximate surface area is 300 Å². The van der Waals surface area contributed by atoms with Crippen molar-refractivity contribution in [2.45, 2.75) is 82.3 Å². The molecular weight excluding hydrogens is 667 g/mol. The molecule has 5 heterocycles. The number of pyridine rings is 1. The molecule has 0 aliphatic carbocycles. The monoisotopic (exact) mass is 712 g/mol. The number of anilines is 1. The number of rotatable bonds is 9. The molecule has 0 N–H and O–H groups in total. The second kappa shape index (κ2) is 14.2. The van der Waals surface area contributed by atoms with Crippen molar-refractivity contribution >= 4 is 47.0 Å². The highest BCUT2D eigenvalue weighted by Gasteiger charge is 2.53. The SMILES string of the molecule is CC(C)(C)[Si](OC[C@@H]1CC[C@]2(COc3nc(N4CCCC(C#N)CC4)c4cnc(Cl)c(F)c4n3)CCCN12)(c1ccccc1)c1ccccc1. The van der Waals surface area contributed by atoms with Gasteiger partial charge in [-0.3, -0.25) is 4.90 Å². The van der Waals surface area contributed by atoms with Crippen LogP contribution in [-0.4, -0.2) is 72.6 Å². The number of hydrogen-bond donors (Lipinski definition) is 0. The summed E-state index contributed by atoms with van der Waals surface area (Å²) < 4.78 is 29.3. The molecule has 0 spiro atoms. The van der Waals surface area contributed by atoms with E-state index in [4.69, 9.17) is 25.7 Å². The van der Waals surface area contributed by atoms with Crippen LogP contribution in [0.25, 0.3) is 10.9 Å². The van der Waals surface area contributed by atoms with E-state index in [0.717, 1.165) is 51.5 Å². The summed E-state index contributed by atoms with van der Waals surface area (Å²) in [7, 11) is -2.68. The van der Waals surface area contributed by atoms with Gasteiger partial charge in [-0.15, -0.1) is 0 Å². The summed E-state index contributed by atoms with van der Waals surface area (Å²) >= 11 is 6.13. The van der Waals surface area contributed by atoms with Gasteiger partial charge in [0.1, 0.15) is 17.9 Å². The van der Waals surface area contributed by atoms with E-state index in [2.05, 4.69) is 107 Å². The number of nitriles is 1. The number of benzene rings is 2. The Hall–Kier alpha value is -3.62. The minimum Gasteiger partial charge on any atom is -0.461 e. The Kier molecular flexibility index (Phi) is 9.87. The van der Waals surface area contributed by atoms with Crippen molar-refractivity contribution in [1.29, 1.82) is 5.26 Å². The second-order valence-electron chi connectivity index (χ2n) is 15.2. The normalized spacial score (nSPS) is 23.1. The average molecular weight is 713 g/mol. The fourth-order valence-corrected chi connectivity index (χ4v) is 13.4. The lowest BCUT2D eigenvalue weighted by Crippen LogP contribution is -2.67. The van der Waals surface area contributed by atoms with Crippen molar-refractivity contribution in [2.24, 2.45) is 5.92 Å². The van der Waals surface area contributed by atoms with E-state index >= 15 is 4.39 Å². The van der Waals surface area contributed by atoms with Gasteiger partial charge in [0.2, 0.25) is 0 Å². The van der Waals surface area contributed by atoms with E-state index in [-0.39, 0.29) is 39.2 Å². The summed E-state index contributed by atoms with van der Waals surface area (Å²) in [6.07, 6.45) is 8.01. The van der Waals surface area contributed by atoms with Gasteiger partial charge < -0.3 is 14.1 Å². The predicted octanol–water partition coefficient (Wildman–Crippen LogP) is 6.90. The Morgan fingerprint density at radius 2 is 1.68 bits per heavy atom. The number of fused-ring (bicyclic) bond motifs is 2. The first-order valence-electron chi connectivity index (χ1n) is 18.0. The maximum absolute atomic E-state index is 15.4. The molecule has 4 aromatic rings. The second-order valence-corrected chi connectivity index (χ2v) is 19.8. The van der Waals surface area contributed by atoms with Gasteiger partial charge in [-0.2, -0.15) is 15.2 Å². The zero-order valence-corrected chi connectivity index (χ0v) is 31.0. The minimum atomic E-state index is -2.68. The third kappa shape index (κ3) is 6.38. The Balaban J connectivity index is 1.14. The summed E-state index contributed by atoms with van der Waals surface area (Å²) in [5.41, 5.74) is -0.0653. The zero-order valence-electron chi connectivity index (χ0n) is 29.2. The van der Waals surface area contributed by atoms with Gasteiger partial charge in [-0.25, -0.2) is 9.37 Å². The lowest BCUT2D eigenvalue weighted by Gasteiger charge is -2.44. The summed E-state index contributed by atoms with van der Waals surface area (Å²) in [4.78, 5) is 18.2. The van der Waals surface area contributed by atoms with Gasteiger partial charge in [0.05, 0.1) is 23.6 Å². The van der Waals surface area contributed by atoms with Gasteiger partial charge >= 0.3 is 6.01 Å². The van der Waals surface area contributed by atoms with Gasteiger partial charge in [-0.05, 0) is 66.9 Å². The highest BCUT2D eigenvalue weighted by Crippen LogP contribution is 2.44. The van der Waals surface area contributed by atoms with Crippen LogP contribution in [0.5, 0.6) is 6.01 Å². The van der Waals surface area contributed by atoms with E-state index in [1.54, 1.807) is 0 Å². The third-order valence-corrected chi connectivity index (χ3v) is 16.5. The first-order valence-corrected chi connectivity index (χ1v) is 20.2. The summed E-state index contributed by atoms with van der Waals surface area (Å²) in [6, 6.07) is 24.4. The molecule has 0 saturated carbocycles. The lowest BCUT2D eigenvalue weighted by molar-refractivity contribution is 0.0670. The zero-order chi connectivity index (χ0) is 34.9. The molecule has 0 amide bonds. The Morgan fingerprint density at radius 3 is 2.36 bits per heavy atom. The van der Waals surface area contributed by atoms with Crippen LogP contribution in [0.2, 0.25) is 10.2 Å². The van der Waals surface area contributed by atoms with Crippen molar-refractivity contribution < 1.29 is 13.6 Å². The summed E-state index contributed by atoms with van der Waals surface area (Å²) in [6.45, 7) is 10.3. The fraction of sp³-hybridized carbons (Fsp3) is 0.487. The van der Waals surface area contributed by atoms with E-state index in [9.17, 15) is 5.26 Å². The molecule has 2 aromatic heterocycles. The van der Waals surface area contributed by atoms with Gasteiger partial charge in [0, 0.05) is 31.2 Å². The predicted molar refractivity (Wildman–Crippen MR) is 198 cm³/mol. The number of ether oxygens (including phenoxy) is 1. The maximum atomic E-state index is 15.4. The Bertz CT molecular complexity index is 1820. The largest absolute Gasteiger partial charge is 0.461 e. The van der Waals surface area contributed by atoms with Crippen LogP contribution in [0, 0.1) is 23.1 Å². The molecule has 8 nitrogen and oxygen atoms in total. The maximum Gasteiger partial charge on any atom is 0.319 e. The molecule has 3 aliphatic heterocycles. The molecule has 262 valence electrons. The molecule has 3 aliphatic rings. The van der Waals surface area contributed by atoms with Crippen LogP contribution < -0.4 is 20.0 Å². The van der Waals surface area contributed by atoms with Crippen molar-refractivity contribution in [2.75, 3.05) is 37.7 Å². The quantitative estimate of drug-likeness (QED) is 0.137. The van der Waals surface area contributed by atoms with Crippen molar-refractivity contribution in [3.05, 3.63) is 77.8 Å². The van der Waals surface area contributed by atoms with Crippen LogP contribution >= 0.6 is 11.6 Å². The fourth-order valence-electron chi connectivity index (χ4n) is 8.71. The van der Waals surface area contributed by atoms with Gasteiger partial charge in [0.25, 0.3) is 8.32 Å².